The highest BCUT2D eigenvalue weighted by molar-refractivity contribution is 6.30. The predicted octanol–water partition coefficient (Wildman–Crippen LogP) is 1.67. The van der Waals surface area contributed by atoms with Gasteiger partial charge >= 0.3 is 0 Å². The minimum Gasteiger partial charge on any atom is -0.378 e. The molecular formula is C10H9ClO2. The second-order valence-electron chi connectivity index (χ2n) is 3.34. The van der Waals surface area contributed by atoms with Crippen molar-refractivity contribution >= 4 is 17.9 Å². The maximum atomic E-state index is 10.7. The molecule has 0 fully saturated rings. The number of hydrogen-bond acceptors (Lipinski definition) is 2. The summed E-state index contributed by atoms with van der Waals surface area (Å²) in [5.41, 5.74) is 0.370. The van der Waals surface area contributed by atoms with E-state index in [2.05, 4.69) is 0 Å². The van der Waals surface area contributed by atoms with Crippen LogP contribution in [0.15, 0.2) is 18.2 Å². The number of aliphatic hydroxyl groups is 1. The van der Waals surface area contributed by atoms with Crippen LogP contribution < -0.4 is 0 Å². The summed E-state index contributed by atoms with van der Waals surface area (Å²) in [5, 5.41) is 10.4. The van der Waals surface area contributed by atoms with E-state index in [0.717, 1.165) is 12.0 Å². The number of hydrogen-bond donors (Lipinski definition) is 1. The predicted molar refractivity (Wildman–Crippen MR) is 49.7 cm³/mol. The molecule has 1 unspecified atom stereocenters. The fourth-order valence-corrected chi connectivity index (χ4v) is 1.92. The monoisotopic (exact) mass is 196 g/mol. The van der Waals surface area contributed by atoms with Gasteiger partial charge in [-0.25, -0.2) is 0 Å². The van der Waals surface area contributed by atoms with Gasteiger partial charge in [-0.1, -0.05) is 17.7 Å². The molecule has 1 aliphatic carbocycles. The molecule has 0 amide bonds. The van der Waals surface area contributed by atoms with Gasteiger partial charge in [-0.3, -0.25) is 4.79 Å². The van der Waals surface area contributed by atoms with Gasteiger partial charge in [-0.05, 0) is 36.1 Å². The SMILES string of the molecule is O=CC1(O)CCc2ccc(Cl)cc21. The molecule has 1 atom stereocenters. The highest BCUT2D eigenvalue weighted by atomic mass is 35.5. The molecule has 1 aromatic carbocycles. The van der Waals surface area contributed by atoms with Gasteiger partial charge in [-0.2, -0.15) is 0 Å². The Morgan fingerprint density at radius 1 is 1.54 bits per heavy atom. The van der Waals surface area contributed by atoms with Gasteiger partial charge in [0.1, 0.15) is 5.60 Å². The Morgan fingerprint density at radius 2 is 2.31 bits per heavy atom. The molecule has 2 rings (SSSR count). The molecule has 13 heavy (non-hydrogen) atoms. The summed E-state index contributed by atoms with van der Waals surface area (Å²) in [6.07, 6.45) is 1.79. The number of carbonyl (C=O) groups excluding carboxylic acids is 1. The van der Waals surface area contributed by atoms with Crippen molar-refractivity contribution in [3.63, 3.8) is 0 Å². The van der Waals surface area contributed by atoms with E-state index in [4.69, 9.17) is 11.6 Å². The molecule has 68 valence electrons. The molecule has 1 aromatic rings. The first-order chi connectivity index (χ1) is 6.15. The molecule has 0 saturated carbocycles. The average Bonchev–Trinajstić information content (AvgIpc) is 2.45. The number of rotatable bonds is 1. The molecule has 0 heterocycles. The second kappa shape index (κ2) is 2.82. The Balaban J connectivity index is 2.58. The molecule has 0 aromatic heterocycles. The fourth-order valence-electron chi connectivity index (χ4n) is 1.75. The van der Waals surface area contributed by atoms with E-state index in [1.807, 2.05) is 6.07 Å². The second-order valence-corrected chi connectivity index (χ2v) is 3.78. The number of fused-ring (bicyclic) bond motifs is 1. The van der Waals surface area contributed by atoms with Gasteiger partial charge < -0.3 is 5.11 Å². The van der Waals surface area contributed by atoms with E-state index in [1.54, 1.807) is 12.1 Å². The summed E-state index contributed by atoms with van der Waals surface area (Å²) in [5.74, 6) is 0. The Hall–Kier alpha value is -0.860. The van der Waals surface area contributed by atoms with Crippen molar-refractivity contribution in [3.8, 4) is 0 Å². The van der Waals surface area contributed by atoms with Crippen molar-refractivity contribution in [1.82, 2.24) is 0 Å². The highest BCUT2D eigenvalue weighted by Crippen LogP contribution is 2.36. The van der Waals surface area contributed by atoms with E-state index in [0.29, 0.717) is 23.3 Å². The minimum absolute atomic E-state index is 0.464. The normalized spacial score (nSPS) is 25.7. The highest BCUT2D eigenvalue weighted by Gasteiger charge is 2.36. The molecule has 0 radical (unpaired) electrons. The molecule has 2 nitrogen and oxygen atoms in total. The first-order valence-electron chi connectivity index (χ1n) is 4.13. The van der Waals surface area contributed by atoms with Crippen LogP contribution in [0.1, 0.15) is 17.5 Å². The first-order valence-corrected chi connectivity index (χ1v) is 4.51. The summed E-state index contributed by atoms with van der Waals surface area (Å²) in [6, 6.07) is 5.30. The third-order valence-corrected chi connectivity index (χ3v) is 2.74. The van der Waals surface area contributed by atoms with Crippen LogP contribution in [0.5, 0.6) is 0 Å². The molecule has 3 heteroatoms. The zero-order chi connectivity index (χ0) is 9.47. The molecule has 0 aliphatic heterocycles. The van der Waals surface area contributed by atoms with Crippen molar-refractivity contribution in [2.75, 3.05) is 0 Å². The quantitative estimate of drug-likeness (QED) is 0.694. The van der Waals surface area contributed by atoms with Crippen molar-refractivity contribution in [2.45, 2.75) is 18.4 Å². The van der Waals surface area contributed by atoms with Crippen LogP contribution in [0.25, 0.3) is 0 Å². The number of carbonyl (C=O) groups is 1. The Kier molecular flexibility index (Phi) is 1.90. The summed E-state index contributed by atoms with van der Waals surface area (Å²) in [4.78, 5) is 10.7. The largest absolute Gasteiger partial charge is 0.378 e. The molecule has 1 aliphatic rings. The Labute approximate surface area is 81.1 Å². The van der Waals surface area contributed by atoms with E-state index in [9.17, 15) is 9.90 Å². The van der Waals surface area contributed by atoms with Crippen molar-refractivity contribution in [3.05, 3.63) is 34.3 Å². The molecular weight excluding hydrogens is 188 g/mol. The molecule has 0 bridgehead atoms. The third kappa shape index (κ3) is 1.26. The van der Waals surface area contributed by atoms with E-state index >= 15 is 0 Å². The smallest absolute Gasteiger partial charge is 0.156 e. The van der Waals surface area contributed by atoms with Gasteiger partial charge in [-0.15, -0.1) is 0 Å². The van der Waals surface area contributed by atoms with Crippen LogP contribution in [0.4, 0.5) is 0 Å². The lowest BCUT2D eigenvalue weighted by Crippen LogP contribution is -2.23. The topological polar surface area (TPSA) is 37.3 Å². The van der Waals surface area contributed by atoms with E-state index in [-0.39, 0.29) is 0 Å². The van der Waals surface area contributed by atoms with Gasteiger partial charge in [0.15, 0.2) is 6.29 Å². The van der Waals surface area contributed by atoms with Crippen LogP contribution in [-0.2, 0) is 16.8 Å². The molecule has 1 N–H and O–H groups in total. The molecule has 0 saturated heterocycles. The maximum absolute atomic E-state index is 10.7. The minimum atomic E-state index is -1.31. The number of aldehydes is 1. The third-order valence-electron chi connectivity index (χ3n) is 2.51. The van der Waals surface area contributed by atoms with Gasteiger partial charge in [0.25, 0.3) is 0 Å². The average molecular weight is 197 g/mol. The van der Waals surface area contributed by atoms with Gasteiger partial charge in [0.2, 0.25) is 0 Å². The van der Waals surface area contributed by atoms with Crippen molar-refractivity contribution < 1.29 is 9.90 Å². The maximum Gasteiger partial charge on any atom is 0.156 e. The summed E-state index contributed by atoms with van der Waals surface area (Å²) in [6.45, 7) is 0. The first kappa shape index (κ1) is 8.73. The van der Waals surface area contributed by atoms with Crippen LogP contribution >= 0.6 is 11.6 Å². The van der Waals surface area contributed by atoms with Crippen LogP contribution in [0, 0.1) is 0 Å². The zero-order valence-electron chi connectivity index (χ0n) is 6.96. The Bertz CT molecular complexity index is 362. The number of benzene rings is 1. The lowest BCUT2D eigenvalue weighted by molar-refractivity contribution is -0.124. The molecule has 0 spiro atoms. The summed E-state index contributed by atoms with van der Waals surface area (Å²) >= 11 is 5.78. The standard InChI is InChI=1S/C10H9ClO2/c11-8-2-1-7-3-4-10(13,6-12)9(7)5-8/h1-2,5-6,13H,3-4H2. The van der Waals surface area contributed by atoms with Crippen molar-refractivity contribution in [1.29, 1.82) is 0 Å². The van der Waals surface area contributed by atoms with E-state index in [1.165, 1.54) is 0 Å². The number of aryl methyl sites for hydroxylation is 1. The van der Waals surface area contributed by atoms with Gasteiger partial charge in [0, 0.05) is 5.02 Å². The van der Waals surface area contributed by atoms with Crippen LogP contribution in [0.2, 0.25) is 5.02 Å². The Morgan fingerprint density at radius 3 is 3.00 bits per heavy atom. The lowest BCUT2D eigenvalue weighted by atomic mass is 9.98. The summed E-state index contributed by atoms with van der Waals surface area (Å²) < 4.78 is 0. The van der Waals surface area contributed by atoms with Gasteiger partial charge in [0.05, 0.1) is 0 Å². The lowest BCUT2D eigenvalue weighted by Gasteiger charge is -2.15. The van der Waals surface area contributed by atoms with Crippen LogP contribution in [0.3, 0.4) is 0 Å². The van der Waals surface area contributed by atoms with Crippen molar-refractivity contribution in [2.24, 2.45) is 0 Å². The van der Waals surface area contributed by atoms with Crippen LogP contribution in [-0.4, -0.2) is 11.4 Å². The zero-order valence-corrected chi connectivity index (χ0v) is 7.71. The fraction of sp³-hybridized carbons (Fsp3) is 0.300. The summed E-state index contributed by atoms with van der Waals surface area (Å²) in [7, 11) is 0. The number of halogens is 1. The van der Waals surface area contributed by atoms with E-state index < -0.39 is 5.60 Å².